The average Bonchev–Trinajstić information content (AvgIpc) is 2.25. The van der Waals surface area contributed by atoms with Gasteiger partial charge in [-0.15, -0.1) is 0 Å². The van der Waals surface area contributed by atoms with Gasteiger partial charge in [-0.25, -0.2) is 0 Å². The van der Waals surface area contributed by atoms with Gasteiger partial charge in [0, 0.05) is 6.92 Å². The first-order chi connectivity index (χ1) is 8.00. The van der Waals surface area contributed by atoms with Gasteiger partial charge in [-0.2, -0.15) is 0 Å². The molecule has 0 saturated carbocycles. The Morgan fingerprint density at radius 3 is 2.29 bits per heavy atom. The molecule has 0 saturated heterocycles. The maximum Gasteiger partial charge on any atom is 0.314 e. The number of rotatable bonds is 4. The van der Waals surface area contributed by atoms with Crippen LogP contribution < -0.4 is 0 Å². The molecule has 1 unspecified atom stereocenters. The summed E-state index contributed by atoms with van der Waals surface area (Å²) in [6, 6.07) is 8.63. The van der Waals surface area contributed by atoms with E-state index in [0.29, 0.717) is 5.56 Å². The fourth-order valence-corrected chi connectivity index (χ4v) is 1.59. The number of halogens is 1. The lowest BCUT2D eigenvalue weighted by Gasteiger charge is -2.11. The first kappa shape index (κ1) is 13.4. The summed E-state index contributed by atoms with van der Waals surface area (Å²) in [5, 5.41) is -0.656. The van der Waals surface area contributed by atoms with E-state index < -0.39 is 23.1 Å². The van der Waals surface area contributed by atoms with Crippen molar-refractivity contribution in [3.8, 4) is 0 Å². The molecule has 1 aromatic carbocycles. The van der Waals surface area contributed by atoms with E-state index in [1.165, 1.54) is 0 Å². The van der Waals surface area contributed by atoms with Gasteiger partial charge < -0.3 is 4.74 Å². The van der Waals surface area contributed by atoms with Crippen LogP contribution in [0.25, 0.3) is 0 Å². The molecule has 0 spiro atoms. The Balaban J connectivity index is 2.78. The molecule has 0 aliphatic rings. The third kappa shape index (κ3) is 4.36. The molecule has 1 atom stereocenters. The first-order valence-electron chi connectivity index (χ1n) is 4.96. The number of hydrogen-bond acceptors (Lipinski definition) is 4. The van der Waals surface area contributed by atoms with Crippen molar-refractivity contribution in [1.29, 1.82) is 0 Å². The van der Waals surface area contributed by atoms with Crippen LogP contribution in [0.3, 0.4) is 0 Å². The highest BCUT2D eigenvalue weighted by Gasteiger charge is 2.23. The van der Waals surface area contributed by atoms with Crippen molar-refractivity contribution in [2.45, 2.75) is 19.3 Å². The maximum atomic E-state index is 11.3. The zero-order valence-electron chi connectivity index (χ0n) is 9.18. The van der Waals surface area contributed by atoms with Crippen LogP contribution in [0.2, 0.25) is 0 Å². The molecule has 0 bridgehead atoms. The van der Waals surface area contributed by atoms with E-state index in [4.69, 9.17) is 11.6 Å². The number of benzene rings is 1. The second-order valence-electron chi connectivity index (χ2n) is 3.44. The number of carbonyl (C=O) groups is 3. The zero-order valence-corrected chi connectivity index (χ0v) is 9.94. The summed E-state index contributed by atoms with van der Waals surface area (Å²) in [6.07, 6.45) is -0.244. The van der Waals surface area contributed by atoms with Crippen LogP contribution in [0, 0.1) is 0 Å². The van der Waals surface area contributed by atoms with E-state index in [2.05, 4.69) is 4.74 Å². The highest BCUT2D eigenvalue weighted by molar-refractivity contribution is 6.64. The zero-order chi connectivity index (χ0) is 12.8. The predicted molar refractivity (Wildman–Crippen MR) is 61.4 cm³/mol. The summed E-state index contributed by atoms with van der Waals surface area (Å²) in [5.74, 6) is -2.26. The molecule has 0 aromatic heterocycles. The lowest BCUT2D eigenvalue weighted by Crippen LogP contribution is -2.16. The predicted octanol–water partition coefficient (Wildman–Crippen LogP) is 2.02. The minimum atomic E-state index is -0.787. The molecule has 4 nitrogen and oxygen atoms in total. The van der Waals surface area contributed by atoms with Crippen LogP contribution in [0.4, 0.5) is 0 Å². The SMILES string of the molecule is CC(=O)OC(=O)CC(C(=O)Cl)c1ccccc1. The monoisotopic (exact) mass is 254 g/mol. The standard InChI is InChI=1S/C12H11ClO4/c1-8(14)17-11(15)7-10(12(13)16)9-5-3-2-4-6-9/h2-6,10H,7H2,1H3. The van der Waals surface area contributed by atoms with Crippen molar-refractivity contribution in [3.63, 3.8) is 0 Å². The van der Waals surface area contributed by atoms with Gasteiger partial charge in [0.05, 0.1) is 12.3 Å². The van der Waals surface area contributed by atoms with Crippen LogP contribution in [0.15, 0.2) is 30.3 Å². The van der Waals surface area contributed by atoms with Gasteiger partial charge in [-0.05, 0) is 17.2 Å². The molecule has 5 heteroatoms. The van der Waals surface area contributed by atoms with Crippen molar-refractivity contribution in [2.75, 3.05) is 0 Å². The van der Waals surface area contributed by atoms with E-state index in [-0.39, 0.29) is 6.42 Å². The fourth-order valence-electron chi connectivity index (χ4n) is 1.38. The van der Waals surface area contributed by atoms with E-state index >= 15 is 0 Å². The Kier molecular flexibility index (Phi) is 4.84. The van der Waals surface area contributed by atoms with Gasteiger partial charge >= 0.3 is 11.9 Å². The number of ether oxygens (including phenoxy) is 1. The van der Waals surface area contributed by atoms with Gasteiger partial charge in [0.25, 0.3) is 0 Å². The third-order valence-electron chi connectivity index (χ3n) is 2.10. The molecule has 1 aromatic rings. The quantitative estimate of drug-likeness (QED) is 0.469. The van der Waals surface area contributed by atoms with E-state index in [1.807, 2.05) is 0 Å². The summed E-state index contributed by atoms with van der Waals surface area (Å²) in [5.41, 5.74) is 0.619. The van der Waals surface area contributed by atoms with Gasteiger partial charge in [0.1, 0.15) is 0 Å². The minimum Gasteiger partial charge on any atom is -0.393 e. The second-order valence-corrected chi connectivity index (χ2v) is 3.81. The van der Waals surface area contributed by atoms with E-state index in [9.17, 15) is 14.4 Å². The molecule has 0 radical (unpaired) electrons. The Labute approximate surface area is 104 Å². The average molecular weight is 255 g/mol. The lowest BCUT2D eigenvalue weighted by atomic mass is 9.97. The van der Waals surface area contributed by atoms with Gasteiger partial charge in [-0.3, -0.25) is 14.4 Å². The Morgan fingerprint density at radius 2 is 1.82 bits per heavy atom. The molecule has 90 valence electrons. The molecule has 0 fully saturated rings. The molecule has 0 amide bonds. The smallest absolute Gasteiger partial charge is 0.314 e. The maximum absolute atomic E-state index is 11.3. The van der Waals surface area contributed by atoms with Crippen LogP contribution in [0.1, 0.15) is 24.8 Å². The van der Waals surface area contributed by atoms with Crippen LogP contribution in [-0.2, 0) is 19.1 Å². The highest BCUT2D eigenvalue weighted by Crippen LogP contribution is 2.22. The van der Waals surface area contributed by atoms with E-state index in [1.54, 1.807) is 30.3 Å². The minimum absolute atomic E-state index is 0.244. The van der Waals surface area contributed by atoms with Gasteiger partial charge in [-0.1, -0.05) is 30.3 Å². The molecule has 0 aliphatic carbocycles. The highest BCUT2D eigenvalue weighted by atomic mass is 35.5. The number of hydrogen-bond donors (Lipinski definition) is 0. The number of esters is 2. The largest absolute Gasteiger partial charge is 0.393 e. The van der Waals surface area contributed by atoms with Crippen LogP contribution in [-0.4, -0.2) is 17.2 Å². The molecule has 1 rings (SSSR count). The Morgan fingerprint density at radius 1 is 1.24 bits per heavy atom. The molecule has 17 heavy (non-hydrogen) atoms. The van der Waals surface area contributed by atoms with Crippen LogP contribution >= 0.6 is 11.6 Å². The van der Waals surface area contributed by atoms with E-state index in [0.717, 1.165) is 6.92 Å². The Hall–Kier alpha value is -1.68. The normalized spacial score (nSPS) is 11.6. The van der Waals surface area contributed by atoms with Crippen molar-refractivity contribution >= 4 is 28.8 Å². The summed E-state index contributed by atoms with van der Waals surface area (Å²) in [6.45, 7) is 1.12. The number of carbonyl (C=O) groups excluding carboxylic acids is 3. The third-order valence-corrected chi connectivity index (χ3v) is 2.37. The fraction of sp³-hybridized carbons (Fsp3) is 0.250. The van der Waals surface area contributed by atoms with Crippen molar-refractivity contribution in [3.05, 3.63) is 35.9 Å². The van der Waals surface area contributed by atoms with Crippen molar-refractivity contribution < 1.29 is 19.1 Å². The first-order valence-corrected chi connectivity index (χ1v) is 5.34. The Bertz CT molecular complexity index is 427. The van der Waals surface area contributed by atoms with Crippen molar-refractivity contribution in [1.82, 2.24) is 0 Å². The summed E-state index contributed by atoms with van der Waals surface area (Å²) < 4.78 is 4.36. The summed E-state index contributed by atoms with van der Waals surface area (Å²) in [4.78, 5) is 33.1. The summed E-state index contributed by atoms with van der Waals surface area (Å²) >= 11 is 5.43. The second kappa shape index (κ2) is 6.15. The van der Waals surface area contributed by atoms with Crippen LogP contribution in [0.5, 0.6) is 0 Å². The summed E-state index contributed by atoms with van der Waals surface area (Å²) in [7, 11) is 0. The van der Waals surface area contributed by atoms with Gasteiger partial charge in [0.15, 0.2) is 0 Å². The molecule has 0 heterocycles. The molecule has 0 aliphatic heterocycles. The molecule has 0 N–H and O–H groups in total. The van der Waals surface area contributed by atoms with Crippen molar-refractivity contribution in [2.24, 2.45) is 0 Å². The molecular formula is C12H11ClO4. The lowest BCUT2D eigenvalue weighted by molar-refractivity contribution is -0.158. The van der Waals surface area contributed by atoms with Gasteiger partial charge in [0.2, 0.25) is 5.24 Å². The molecular weight excluding hydrogens is 244 g/mol. The topological polar surface area (TPSA) is 60.4 Å².